The van der Waals surface area contributed by atoms with Gasteiger partial charge in [0, 0.05) is 48.3 Å². The van der Waals surface area contributed by atoms with Crippen LogP contribution in [0.25, 0.3) is 22.2 Å². The summed E-state index contributed by atoms with van der Waals surface area (Å²) in [7, 11) is 2.92. The number of pyridine rings is 1. The molecule has 2 fully saturated rings. The molecule has 0 bridgehead atoms. The average Bonchev–Trinajstić information content (AvgIpc) is 3.68. The van der Waals surface area contributed by atoms with E-state index in [0.29, 0.717) is 51.7 Å². The van der Waals surface area contributed by atoms with Crippen LogP contribution in [0.1, 0.15) is 54.6 Å². The molecule has 39 heavy (non-hydrogen) atoms. The number of aryl methyl sites for hydroxylation is 1. The highest BCUT2D eigenvalue weighted by molar-refractivity contribution is 6.09. The molecule has 3 N–H and O–H groups in total. The Hall–Kier alpha value is -3.66. The minimum atomic E-state index is -0.494. The van der Waals surface area contributed by atoms with Crippen LogP contribution < -0.4 is 20.1 Å². The van der Waals surface area contributed by atoms with Gasteiger partial charge >= 0.3 is 0 Å². The summed E-state index contributed by atoms with van der Waals surface area (Å²) in [6.07, 6.45) is 6.97. The Kier molecular flexibility index (Phi) is 8.02. The van der Waals surface area contributed by atoms with Crippen LogP contribution in [0.5, 0.6) is 11.5 Å². The van der Waals surface area contributed by atoms with Gasteiger partial charge in [0.15, 0.2) is 11.6 Å². The van der Waals surface area contributed by atoms with Crippen LogP contribution in [0.3, 0.4) is 0 Å². The molecule has 2 aliphatic carbocycles. The lowest BCUT2D eigenvalue weighted by Crippen LogP contribution is -2.44. The van der Waals surface area contributed by atoms with E-state index in [9.17, 15) is 14.0 Å². The number of H-pyrrole nitrogens is 1. The molecular weight excluding hydrogens is 503 g/mol. The second-order valence-corrected chi connectivity index (χ2v) is 10.5. The van der Waals surface area contributed by atoms with Crippen LogP contribution in [-0.2, 0) is 9.53 Å². The standard InChI is InChI=1S/C29H35FN4O5/c1-16-26(29(36)34-19-8-6-18(7-9-19)33-25(35)15-37-2)28-27(32-16)20(10-11-31-28)21-12-22(30)24(38-3)13-23(21)39-14-17-4-5-17/h10-13,17-19,32H,4-9,14-15H2,1-3H3,(H,33,35)(H,34,36). The van der Waals surface area contributed by atoms with Gasteiger partial charge in [-0.15, -0.1) is 0 Å². The monoisotopic (exact) mass is 538 g/mol. The average molecular weight is 539 g/mol. The second-order valence-electron chi connectivity index (χ2n) is 10.5. The quantitative estimate of drug-likeness (QED) is 0.355. The maximum atomic E-state index is 14.8. The third kappa shape index (κ3) is 6.00. The zero-order chi connectivity index (χ0) is 27.5. The first-order valence-corrected chi connectivity index (χ1v) is 13.4. The highest BCUT2D eigenvalue weighted by Gasteiger charge is 2.28. The van der Waals surface area contributed by atoms with Gasteiger partial charge in [-0.3, -0.25) is 14.6 Å². The molecule has 0 unspecified atom stereocenters. The molecule has 0 aliphatic heterocycles. The Morgan fingerprint density at radius 2 is 1.74 bits per heavy atom. The van der Waals surface area contributed by atoms with Crippen molar-refractivity contribution in [2.75, 3.05) is 27.4 Å². The minimum Gasteiger partial charge on any atom is -0.494 e. The van der Waals surface area contributed by atoms with Gasteiger partial charge in [0.25, 0.3) is 5.91 Å². The molecule has 2 aromatic heterocycles. The number of aromatic nitrogens is 2. The van der Waals surface area contributed by atoms with E-state index in [1.54, 1.807) is 18.3 Å². The molecule has 2 aliphatic rings. The summed E-state index contributed by atoms with van der Waals surface area (Å²) in [5.74, 6) is 0.337. The number of benzene rings is 1. The number of rotatable bonds is 10. The number of fused-ring (bicyclic) bond motifs is 1. The largest absolute Gasteiger partial charge is 0.494 e. The summed E-state index contributed by atoms with van der Waals surface area (Å²) in [5.41, 5.74) is 3.58. The van der Waals surface area contributed by atoms with E-state index in [0.717, 1.165) is 38.5 Å². The van der Waals surface area contributed by atoms with Gasteiger partial charge in [-0.25, -0.2) is 4.39 Å². The number of hydrogen-bond donors (Lipinski definition) is 3. The maximum absolute atomic E-state index is 14.8. The van der Waals surface area contributed by atoms with Crippen molar-refractivity contribution in [2.45, 2.75) is 57.5 Å². The van der Waals surface area contributed by atoms with Crippen molar-refractivity contribution in [1.29, 1.82) is 0 Å². The fourth-order valence-corrected chi connectivity index (χ4v) is 5.26. The molecule has 2 saturated carbocycles. The number of ether oxygens (including phenoxy) is 3. The van der Waals surface area contributed by atoms with Gasteiger partial charge < -0.3 is 29.8 Å². The molecule has 1 aromatic carbocycles. The van der Waals surface area contributed by atoms with Crippen molar-refractivity contribution in [3.8, 4) is 22.6 Å². The van der Waals surface area contributed by atoms with Crippen molar-refractivity contribution in [3.05, 3.63) is 41.5 Å². The smallest absolute Gasteiger partial charge is 0.255 e. The Morgan fingerprint density at radius 1 is 1.03 bits per heavy atom. The number of hydrogen-bond acceptors (Lipinski definition) is 6. The Bertz CT molecular complexity index is 1360. The van der Waals surface area contributed by atoms with Crippen molar-refractivity contribution in [2.24, 2.45) is 5.92 Å². The Labute approximate surface area is 226 Å². The van der Waals surface area contributed by atoms with E-state index in [1.165, 1.54) is 20.3 Å². The molecule has 0 saturated heterocycles. The first-order valence-electron chi connectivity index (χ1n) is 13.4. The van der Waals surface area contributed by atoms with Crippen molar-refractivity contribution in [1.82, 2.24) is 20.6 Å². The normalized spacial score (nSPS) is 19.1. The second kappa shape index (κ2) is 11.6. The molecule has 2 amide bonds. The van der Waals surface area contributed by atoms with Crippen LogP contribution in [-0.4, -0.2) is 61.3 Å². The van der Waals surface area contributed by atoms with E-state index in [2.05, 4.69) is 20.6 Å². The van der Waals surface area contributed by atoms with E-state index >= 15 is 0 Å². The summed E-state index contributed by atoms with van der Waals surface area (Å²) >= 11 is 0. The van der Waals surface area contributed by atoms with Crippen LogP contribution >= 0.6 is 0 Å². The molecule has 0 radical (unpaired) electrons. The number of nitrogens with one attached hydrogen (secondary N) is 3. The van der Waals surface area contributed by atoms with Gasteiger partial charge in [-0.1, -0.05) is 0 Å². The zero-order valence-corrected chi connectivity index (χ0v) is 22.6. The van der Waals surface area contributed by atoms with Gasteiger partial charge in [0.1, 0.15) is 17.9 Å². The predicted molar refractivity (Wildman–Crippen MR) is 145 cm³/mol. The lowest BCUT2D eigenvalue weighted by molar-refractivity contribution is -0.125. The predicted octanol–water partition coefficient (Wildman–Crippen LogP) is 4.28. The number of nitrogens with zero attached hydrogens (tertiary/aromatic N) is 1. The fraction of sp³-hybridized carbons (Fsp3) is 0.483. The Balaban J connectivity index is 1.37. The summed E-state index contributed by atoms with van der Waals surface area (Å²) in [4.78, 5) is 33.1. The lowest BCUT2D eigenvalue weighted by Gasteiger charge is -2.29. The topological polar surface area (TPSA) is 115 Å². The maximum Gasteiger partial charge on any atom is 0.255 e. The number of methoxy groups -OCH3 is 2. The van der Waals surface area contributed by atoms with Crippen LogP contribution in [0.15, 0.2) is 24.4 Å². The molecule has 9 nitrogen and oxygen atoms in total. The summed E-state index contributed by atoms with van der Waals surface area (Å²) in [5, 5.41) is 6.12. The highest BCUT2D eigenvalue weighted by Crippen LogP contribution is 2.40. The number of halogens is 1. The first kappa shape index (κ1) is 26.9. The van der Waals surface area contributed by atoms with E-state index in [1.807, 2.05) is 6.92 Å². The fourth-order valence-electron chi connectivity index (χ4n) is 5.26. The van der Waals surface area contributed by atoms with Gasteiger partial charge in [-0.05, 0) is 63.5 Å². The third-order valence-electron chi connectivity index (χ3n) is 7.52. The molecule has 0 atom stereocenters. The van der Waals surface area contributed by atoms with Crippen molar-refractivity contribution >= 4 is 22.8 Å². The molecule has 10 heteroatoms. The molecule has 5 rings (SSSR count). The van der Waals surface area contributed by atoms with Crippen molar-refractivity contribution < 1.29 is 28.2 Å². The lowest BCUT2D eigenvalue weighted by atomic mass is 9.91. The molecular formula is C29H35FN4O5. The summed E-state index contributed by atoms with van der Waals surface area (Å²) in [6, 6.07) is 4.87. The third-order valence-corrected chi connectivity index (χ3v) is 7.52. The van der Waals surface area contributed by atoms with Crippen LogP contribution in [0.4, 0.5) is 4.39 Å². The molecule has 3 aromatic rings. The van der Waals surface area contributed by atoms with E-state index < -0.39 is 5.82 Å². The van der Waals surface area contributed by atoms with Crippen LogP contribution in [0, 0.1) is 18.7 Å². The number of aromatic amines is 1. The van der Waals surface area contributed by atoms with Crippen molar-refractivity contribution in [3.63, 3.8) is 0 Å². The van der Waals surface area contributed by atoms with Gasteiger partial charge in [-0.2, -0.15) is 0 Å². The number of amides is 2. The highest BCUT2D eigenvalue weighted by atomic mass is 19.1. The molecule has 208 valence electrons. The van der Waals surface area contributed by atoms with Gasteiger partial charge in [0.05, 0.1) is 24.8 Å². The summed E-state index contributed by atoms with van der Waals surface area (Å²) in [6.45, 7) is 2.44. The van der Waals surface area contributed by atoms with E-state index in [4.69, 9.17) is 14.2 Å². The number of carbonyl (C=O) groups is 2. The number of carbonyl (C=O) groups excluding carboxylic acids is 2. The zero-order valence-electron chi connectivity index (χ0n) is 22.6. The minimum absolute atomic E-state index is 0.00118. The van der Waals surface area contributed by atoms with Crippen LogP contribution in [0.2, 0.25) is 0 Å². The van der Waals surface area contributed by atoms with Gasteiger partial charge in [0.2, 0.25) is 5.91 Å². The molecule has 0 spiro atoms. The molecule has 2 heterocycles. The Morgan fingerprint density at radius 3 is 2.41 bits per heavy atom. The SMILES string of the molecule is COCC(=O)NC1CCC(NC(=O)c2c(C)[nH]c3c(-c4cc(F)c(OC)cc4OCC4CC4)ccnc23)CC1. The van der Waals surface area contributed by atoms with E-state index in [-0.39, 0.29) is 36.3 Å². The first-order chi connectivity index (χ1) is 18.9. The summed E-state index contributed by atoms with van der Waals surface area (Å²) < 4.78 is 31.0.